The molecule has 19 heavy (non-hydrogen) atoms. The lowest BCUT2D eigenvalue weighted by Gasteiger charge is -2.44. The highest BCUT2D eigenvalue weighted by Gasteiger charge is 2.49. The van der Waals surface area contributed by atoms with E-state index >= 15 is 0 Å². The van der Waals surface area contributed by atoms with Gasteiger partial charge in [-0.15, -0.1) is 0 Å². The van der Waals surface area contributed by atoms with Crippen molar-refractivity contribution in [3.63, 3.8) is 0 Å². The van der Waals surface area contributed by atoms with Gasteiger partial charge in [-0.25, -0.2) is 0 Å². The summed E-state index contributed by atoms with van der Waals surface area (Å²) in [5.74, 6) is -0.194. The molecule has 104 valence electrons. The molecule has 1 saturated heterocycles. The molecule has 1 aromatic rings. The Bertz CT molecular complexity index is 482. The molecular formula is C14H19NO4. The van der Waals surface area contributed by atoms with Crippen LogP contribution in [-0.4, -0.2) is 36.9 Å². The third-order valence-corrected chi connectivity index (χ3v) is 3.63. The van der Waals surface area contributed by atoms with E-state index in [1.165, 1.54) is 0 Å². The van der Waals surface area contributed by atoms with Crippen molar-refractivity contribution >= 4 is 5.97 Å². The van der Waals surface area contributed by atoms with Crippen molar-refractivity contribution < 1.29 is 19.4 Å². The van der Waals surface area contributed by atoms with E-state index in [1.807, 2.05) is 32.0 Å². The summed E-state index contributed by atoms with van der Waals surface area (Å²) in [5, 5.41) is 9.15. The van der Waals surface area contributed by atoms with Crippen LogP contribution in [0.2, 0.25) is 0 Å². The maximum absolute atomic E-state index is 11.2. The topological polar surface area (TPSA) is 81.8 Å². The minimum absolute atomic E-state index is 0.341. The zero-order valence-electron chi connectivity index (χ0n) is 11.2. The highest BCUT2D eigenvalue weighted by molar-refractivity contribution is 5.76. The van der Waals surface area contributed by atoms with Gasteiger partial charge in [-0.05, 0) is 31.0 Å². The summed E-state index contributed by atoms with van der Waals surface area (Å²) in [6.45, 7) is 5.15. The van der Waals surface area contributed by atoms with Crippen LogP contribution in [0.15, 0.2) is 18.2 Å². The first-order valence-electron chi connectivity index (χ1n) is 6.31. The van der Waals surface area contributed by atoms with Crippen molar-refractivity contribution in [2.24, 2.45) is 5.73 Å². The van der Waals surface area contributed by atoms with Gasteiger partial charge in [0.1, 0.15) is 11.8 Å². The van der Waals surface area contributed by atoms with Crippen molar-refractivity contribution in [3.05, 3.63) is 29.3 Å². The molecule has 3 N–H and O–H groups in total. The second-order valence-corrected chi connectivity index (χ2v) is 4.88. The molecule has 0 radical (unpaired) electrons. The fourth-order valence-corrected chi connectivity index (χ4v) is 2.36. The van der Waals surface area contributed by atoms with Crippen LogP contribution in [-0.2, 0) is 14.9 Å². The minimum Gasteiger partial charge on any atom is -0.494 e. The van der Waals surface area contributed by atoms with Crippen LogP contribution in [0, 0.1) is 6.92 Å². The highest BCUT2D eigenvalue weighted by atomic mass is 16.5. The normalized spacial score (nSPS) is 18.5. The number of carboxylic acid groups (broad SMARTS) is 1. The molecule has 1 atom stereocenters. The molecule has 0 spiro atoms. The molecule has 0 aliphatic carbocycles. The van der Waals surface area contributed by atoms with Crippen LogP contribution in [0.5, 0.6) is 5.75 Å². The van der Waals surface area contributed by atoms with Gasteiger partial charge in [-0.3, -0.25) is 4.79 Å². The number of carbonyl (C=O) groups is 1. The number of ether oxygens (including phenoxy) is 2. The maximum atomic E-state index is 11.2. The lowest BCUT2D eigenvalue weighted by Crippen LogP contribution is -2.61. The molecule has 1 heterocycles. The predicted molar refractivity (Wildman–Crippen MR) is 70.5 cm³/mol. The first kappa shape index (κ1) is 13.8. The van der Waals surface area contributed by atoms with E-state index in [9.17, 15) is 4.79 Å². The van der Waals surface area contributed by atoms with Crippen LogP contribution in [0.4, 0.5) is 0 Å². The fourth-order valence-electron chi connectivity index (χ4n) is 2.36. The SMILES string of the molecule is CCOc1ccc(C2(C(N)C(=O)O)COC2)cc1C. The van der Waals surface area contributed by atoms with Gasteiger partial charge in [0, 0.05) is 0 Å². The van der Waals surface area contributed by atoms with Crippen LogP contribution in [0.25, 0.3) is 0 Å². The molecule has 1 fully saturated rings. The predicted octanol–water partition coefficient (Wildman–Crippen LogP) is 1.07. The van der Waals surface area contributed by atoms with E-state index in [-0.39, 0.29) is 0 Å². The summed E-state index contributed by atoms with van der Waals surface area (Å²) in [4.78, 5) is 11.2. The Hall–Kier alpha value is -1.59. The monoisotopic (exact) mass is 265 g/mol. The van der Waals surface area contributed by atoms with Crippen molar-refractivity contribution in [1.29, 1.82) is 0 Å². The molecule has 0 amide bonds. The Labute approximate surface area is 112 Å². The number of rotatable bonds is 5. The molecule has 0 aromatic heterocycles. The average Bonchev–Trinajstić information content (AvgIpc) is 2.31. The summed E-state index contributed by atoms with van der Waals surface area (Å²) >= 11 is 0. The number of aryl methyl sites for hydroxylation is 1. The largest absolute Gasteiger partial charge is 0.494 e. The third kappa shape index (κ3) is 2.31. The summed E-state index contributed by atoms with van der Waals surface area (Å²) < 4.78 is 10.7. The molecule has 1 unspecified atom stereocenters. The molecule has 5 heteroatoms. The maximum Gasteiger partial charge on any atom is 0.321 e. The van der Waals surface area contributed by atoms with Crippen LogP contribution < -0.4 is 10.5 Å². The fraction of sp³-hybridized carbons (Fsp3) is 0.500. The lowest BCUT2D eigenvalue weighted by molar-refractivity contribution is -0.148. The van der Waals surface area contributed by atoms with Crippen molar-refractivity contribution in [3.8, 4) is 5.75 Å². The van der Waals surface area contributed by atoms with Gasteiger partial charge < -0.3 is 20.3 Å². The van der Waals surface area contributed by atoms with Gasteiger partial charge in [-0.1, -0.05) is 12.1 Å². The summed E-state index contributed by atoms with van der Waals surface area (Å²) in [6, 6.07) is 4.72. The molecule has 1 aromatic carbocycles. The number of benzene rings is 1. The molecule has 1 aliphatic heterocycles. The van der Waals surface area contributed by atoms with Gasteiger partial charge in [0.2, 0.25) is 0 Å². The molecule has 5 nitrogen and oxygen atoms in total. The van der Waals surface area contributed by atoms with Gasteiger partial charge in [0.25, 0.3) is 0 Å². The molecular weight excluding hydrogens is 246 g/mol. The minimum atomic E-state index is -1.00. The smallest absolute Gasteiger partial charge is 0.321 e. The lowest BCUT2D eigenvalue weighted by atomic mass is 9.72. The van der Waals surface area contributed by atoms with E-state index < -0.39 is 17.4 Å². The van der Waals surface area contributed by atoms with Gasteiger partial charge in [-0.2, -0.15) is 0 Å². The highest BCUT2D eigenvalue weighted by Crippen LogP contribution is 2.37. The average molecular weight is 265 g/mol. The van der Waals surface area contributed by atoms with E-state index in [0.717, 1.165) is 16.9 Å². The van der Waals surface area contributed by atoms with Crippen LogP contribution in [0.1, 0.15) is 18.1 Å². The summed E-state index contributed by atoms with van der Waals surface area (Å²) in [6.07, 6.45) is 0. The van der Waals surface area contributed by atoms with Crippen LogP contribution in [0.3, 0.4) is 0 Å². The zero-order valence-corrected chi connectivity index (χ0v) is 11.2. The Balaban J connectivity index is 2.34. The van der Waals surface area contributed by atoms with Crippen LogP contribution >= 0.6 is 0 Å². The zero-order chi connectivity index (χ0) is 14.0. The Morgan fingerprint density at radius 2 is 2.26 bits per heavy atom. The van der Waals surface area contributed by atoms with E-state index in [4.69, 9.17) is 20.3 Å². The first-order chi connectivity index (χ1) is 9.01. The summed E-state index contributed by atoms with van der Waals surface area (Å²) in [5.41, 5.74) is 7.07. The molecule has 0 saturated carbocycles. The molecule has 0 bridgehead atoms. The Kier molecular flexibility index (Phi) is 3.78. The molecule has 2 rings (SSSR count). The number of hydrogen-bond acceptors (Lipinski definition) is 4. The van der Waals surface area contributed by atoms with Gasteiger partial charge in [0.05, 0.1) is 25.2 Å². The Morgan fingerprint density at radius 1 is 1.58 bits per heavy atom. The van der Waals surface area contributed by atoms with E-state index in [2.05, 4.69) is 0 Å². The third-order valence-electron chi connectivity index (χ3n) is 3.63. The number of carboxylic acids is 1. The standard InChI is InChI=1S/C14H19NO4/c1-3-19-11-5-4-10(6-9(11)2)14(7-18-8-14)12(15)13(16)17/h4-6,12H,3,7-8,15H2,1-2H3,(H,16,17). The second kappa shape index (κ2) is 5.19. The van der Waals surface area contributed by atoms with Crippen molar-refractivity contribution in [2.75, 3.05) is 19.8 Å². The van der Waals surface area contributed by atoms with E-state index in [1.54, 1.807) is 0 Å². The van der Waals surface area contributed by atoms with Crippen molar-refractivity contribution in [1.82, 2.24) is 0 Å². The van der Waals surface area contributed by atoms with Gasteiger partial charge >= 0.3 is 5.97 Å². The van der Waals surface area contributed by atoms with Gasteiger partial charge in [0.15, 0.2) is 0 Å². The number of nitrogens with two attached hydrogens (primary N) is 1. The first-order valence-corrected chi connectivity index (χ1v) is 6.31. The number of aliphatic carboxylic acids is 1. The second-order valence-electron chi connectivity index (χ2n) is 4.88. The quantitative estimate of drug-likeness (QED) is 0.832. The van der Waals surface area contributed by atoms with E-state index in [0.29, 0.717) is 19.8 Å². The molecule has 1 aliphatic rings. The summed E-state index contributed by atoms with van der Waals surface area (Å²) in [7, 11) is 0. The number of hydrogen-bond donors (Lipinski definition) is 2. The Morgan fingerprint density at radius 3 is 2.68 bits per heavy atom. The van der Waals surface area contributed by atoms with Crippen molar-refractivity contribution in [2.45, 2.75) is 25.3 Å².